The molecule has 8 heteroatoms. The molecule has 0 atom stereocenters. The maximum Gasteiger partial charge on any atom is 0.273 e. The van der Waals surface area contributed by atoms with Crippen molar-refractivity contribution in [3.8, 4) is 0 Å². The van der Waals surface area contributed by atoms with Gasteiger partial charge in [0.15, 0.2) is 5.69 Å². The number of aromatic nitrogens is 3. The number of amides is 1. The van der Waals surface area contributed by atoms with E-state index in [0.717, 1.165) is 49.5 Å². The van der Waals surface area contributed by atoms with Gasteiger partial charge in [0.1, 0.15) is 0 Å². The third-order valence-electron chi connectivity index (χ3n) is 5.69. The fraction of sp³-hybridized carbons (Fsp3) is 0.526. The topological polar surface area (TPSA) is 71.8 Å². The number of halogens is 2. The molecule has 1 saturated heterocycles. The highest BCUT2D eigenvalue weighted by Crippen LogP contribution is 2.47. The van der Waals surface area contributed by atoms with Crippen LogP contribution < -0.4 is 10.6 Å². The van der Waals surface area contributed by atoms with Gasteiger partial charge in [-0.3, -0.25) is 4.79 Å². The highest BCUT2D eigenvalue weighted by molar-refractivity contribution is 6.30. The second-order valence-electron chi connectivity index (χ2n) is 7.42. The zero-order chi connectivity index (χ0) is 18.1. The molecular weight excluding hydrogens is 385 g/mol. The van der Waals surface area contributed by atoms with Crippen LogP contribution in [0.3, 0.4) is 0 Å². The first-order valence-electron chi connectivity index (χ1n) is 9.26. The molecule has 27 heavy (non-hydrogen) atoms. The number of piperidine rings is 1. The van der Waals surface area contributed by atoms with Crippen LogP contribution in [0.15, 0.2) is 24.3 Å². The van der Waals surface area contributed by atoms with Crippen molar-refractivity contribution < 1.29 is 4.79 Å². The molecule has 0 spiro atoms. The Morgan fingerprint density at radius 3 is 2.59 bits per heavy atom. The molecule has 146 valence electrons. The number of benzene rings is 1. The number of hydrogen-bond acceptors (Lipinski definition) is 4. The van der Waals surface area contributed by atoms with Crippen LogP contribution in [0.2, 0.25) is 5.02 Å². The first-order valence-corrected chi connectivity index (χ1v) is 9.64. The van der Waals surface area contributed by atoms with Gasteiger partial charge in [-0.2, -0.15) is 0 Å². The number of carbonyl (C=O) groups is 1. The first-order chi connectivity index (χ1) is 12.6. The minimum absolute atomic E-state index is 0. The second-order valence-corrected chi connectivity index (χ2v) is 7.86. The predicted octanol–water partition coefficient (Wildman–Crippen LogP) is 3.05. The van der Waals surface area contributed by atoms with E-state index in [1.165, 1.54) is 5.56 Å². The number of nitrogens with one attached hydrogen (secondary N) is 2. The van der Waals surface area contributed by atoms with E-state index in [1.54, 1.807) is 0 Å². The summed E-state index contributed by atoms with van der Waals surface area (Å²) in [6.07, 6.45) is 4.20. The Kier molecular flexibility index (Phi) is 6.08. The molecule has 2 heterocycles. The Hall–Kier alpha value is -1.63. The Morgan fingerprint density at radius 2 is 1.96 bits per heavy atom. The van der Waals surface area contributed by atoms with Gasteiger partial charge < -0.3 is 10.6 Å². The van der Waals surface area contributed by atoms with Crippen LogP contribution in [-0.2, 0) is 5.41 Å². The Bertz CT molecular complexity index is 795. The molecule has 1 aromatic carbocycles. The van der Waals surface area contributed by atoms with Crippen molar-refractivity contribution >= 4 is 29.9 Å². The van der Waals surface area contributed by atoms with E-state index in [2.05, 4.69) is 33.1 Å². The Morgan fingerprint density at radius 1 is 1.30 bits per heavy atom. The molecule has 1 aliphatic carbocycles. The largest absolute Gasteiger partial charge is 0.350 e. The van der Waals surface area contributed by atoms with E-state index < -0.39 is 0 Å². The summed E-state index contributed by atoms with van der Waals surface area (Å²) in [6.45, 7) is 4.51. The highest BCUT2D eigenvalue weighted by Gasteiger charge is 2.44. The summed E-state index contributed by atoms with van der Waals surface area (Å²) in [5.41, 5.74) is 2.57. The number of carbonyl (C=O) groups excluding carboxylic acids is 1. The molecule has 2 aliphatic rings. The maximum atomic E-state index is 12.7. The molecule has 4 rings (SSSR count). The predicted molar refractivity (Wildman–Crippen MR) is 108 cm³/mol. The minimum Gasteiger partial charge on any atom is -0.350 e. The summed E-state index contributed by atoms with van der Waals surface area (Å²) < 4.78 is 1.92. The Labute approximate surface area is 170 Å². The molecule has 2 aromatic rings. The van der Waals surface area contributed by atoms with Crippen molar-refractivity contribution in [2.45, 2.75) is 44.1 Å². The van der Waals surface area contributed by atoms with Gasteiger partial charge in [0.25, 0.3) is 5.91 Å². The standard InChI is InChI=1S/C19H24ClN5O.ClH/c1-13-17(23-24-25(13)16-6-10-21-11-7-16)18(26)22-12-19(8-9-19)14-2-4-15(20)5-3-14;/h2-5,16,21H,6-12H2,1H3,(H,22,26);1H. The van der Waals surface area contributed by atoms with Crippen LogP contribution in [0.1, 0.15) is 53.5 Å². The van der Waals surface area contributed by atoms with Crippen molar-refractivity contribution in [1.29, 1.82) is 0 Å². The van der Waals surface area contributed by atoms with Gasteiger partial charge in [0.2, 0.25) is 0 Å². The monoisotopic (exact) mass is 409 g/mol. The molecule has 2 N–H and O–H groups in total. The lowest BCUT2D eigenvalue weighted by Gasteiger charge is -2.23. The number of rotatable bonds is 5. The molecular formula is C19H25Cl2N5O. The van der Waals surface area contributed by atoms with Crippen LogP contribution in [0.4, 0.5) is 0 Å². The number of hydrogen-bond donors (Lipinski definition) is 2. The van der Waals surface area contributed by atoms with Crippen molar-refractivity contribution in [1.82, 2.24) is 25.6 Å². The smallest absolute Gasteiger partial charge is 0.273 e. The SMILES string of the molecule is Cc1c(C(=O)NCC2(c3ccc(Cl)cc3)CC2)nnn1C1CCNCC1.Cl. The average Bonchev–Trinajstić information content (AvgIpc) is 3.36. The van der Waals surface area contributed by atoms with Gasteiger partial charge in [0.05, 0.1) is 11.7 Å². The van der Waals surface area contributed by atoms with Crippen LogP contribution in [0.5, 0.6) is 0 Å². The quantitative estimate of drug-likeness (QED) is 0.795. The van der Waals surface area contributed by atoms with E-state index in [1.807, 2.05) is 23.7 Å². The minimum atomic E-state index is -0.136. The fourth-order valence-corrected chi connectivity index (χ4v) is 3.93. The maximum absolute atomic E-state index is 12.7. The lowest BCUT2D eigenvalue weighted by atomic mass is 9.96. The van der Waals surface area contributed by atoms with Gasteiger partial charge in [0, 0.05) is 17.0 Å². The van der Waals surface area contributed by atoms with E-state index in [-0.39, 0.29) is 23.7 Å². The summed E-state index contributed by atoms with van der Waals surface area (Å²) in [4.78, 5) is 12.7. The van der Waals surface area contributed by atoms with E-state index in [0.29, 0.717) is 18.3 Å². The molecule has 2 fully saturated rings. The molecule has 1 aromatic heterocycles. The van der Waals surface area contributed by atoms with Crippen molar-refractivity contribution in [2.24, 2.45) is 0 Å². The highest BCUT2D eigenvalue weighted by atomic mass is 35.5. The molecule has 0 unspecified atom stereocenters. The van der Waals surface area contributed by atoms with Crippen LogP contribution >= 0.6 is 24.0 Å². The summed E-state index contributed by atoms with van der Waals surface area (Å²) in [7, 11) is 0. The summed E-state index contributed by atoms with van der Waals surface area (Å²) in [6, 6.07) is 8.26. The lowest BCUT2D eigenvalue weighted by Crippen LogP contribution is -2.33. The zero-order valence-corrected chi connectivity index (χ0v) is 16.9. The molecule has 1 saturated carbocycles. The molecule has 6 nitrogen and oxygen atoms in total. The third kappa shape index (κ3) is 4.13. The normalized spacial score (nSPS) is 18.6. The van der Waals surface area contributed by atoms with Gasteiger partial charge in [-0.25, -0.2) is 4.68 Å². The van der Waals surface area contributed by atoms with Crippen LogP contribution in [0.25, 0.3) is 0 Å². The van der Waals surface area contributed by atoms with E-state index in [9.17, 15) is 4.79 Å². The zero-order valence-electron chi connectivity index (χ0n) is 15.4. The van der Waals surface area contributed by atoms with Gasteiger partial charge in [-0.1, -0.05) is 28.9 Å². The molecule has 1 aliphatic heterocycles. The molecule has 0 bridgehead atoms. The first kappa shape index (κ1) is 20.1. The average molecular weight is 410 g/mol. The van der Waals surface area contributed by atoms with E-state index in [4.69, 9.17) is 11.6 Å². The van der Waals surface area contributed by atoms with Crippen molar-refractivity contribution in [2.75, 3.05) is 19.6 Å². The molecule has 1 amide bonds. The van der Waals surface area contributed by atoms with Crippen LogP contribution in [0, 0.1) is 6.92 Å². The second kappa shape index (κ2) is 8.17. The van der Waals surface area contributed by atoms with Gasteiger partial charge >= 0.3 is 0 Å². The summed E-state index contributed by atoms with van der Waals surface area (Å²) in [5.74, 6) is -0.136. The van der Waals surface area contributed by atoms with Gasteiger partial charge in [-0.05, 0) is 63.4 Å². The number of nitrogens with zero attached hydrogens (tertiary/aromatic N) is 3. The van der Waals surface area contributed by atoms with Crippen molar-refractivity contribution in [3.63, 3.8) is 0 Å². The van der Waals surface area contributed by atoms with E-state index >= 15 is 0 Å². The Balaban J connectivity index is 0.00000210. The summed E-state index contributed by atoms with van der Waals surface area (Å²) >= 11 is 5.98. The third-order valence-corrected chi connectivity index (χ3v) is 5.95. The fourth-order valence-electron chi connectivity index (χ4n) is 3.80. The lowest BCUT2D eigenvalue weighted by molar-refractivity contribution is 0.0944. The van der Waals surface area contributed by atoms with Crippen molar-refractivity contribution in [3.05, 3.63) is 46.2 Å². The summed E-state index contributed by atoms with van der Waals surface area (Å²) in [5, 5.41) is 15.6. The molecule has 0 radical (unpaired) electrons. The van der Waals surface area contributed by atoms with Crippen LogP contribution in [-0.4, -0.2) is 40.5 Å². The van der Waals surface area contributed by atoms with Gasteiger partial charge in [-0.15, -0.1) is 17.5 Å².